The van der Waals surface area contributed by atoms with Gasteiger partial charge in [0.15, 0.2) is 0 Å². The van der Waals surface area contributed by atoms with Crippen LogP contribution in [0.5, 0.6) is 5.75 Å². The van der Waals surface area contributed by atoms with E-state index in [2.05, 4.69) is 33.9 Å². The van der Waals surface area contributed by atoms with Crippen molar-refractivity contribution in [3.63, 3.8) is 0 Å². The zero-order valence-electron chi connectivity index (χ0n) is 12.6. The van der Waals surface area contributed by atoms with Gasteiger partial charge in [0.2, 0.25) is 0 Å². The van der Waals surface area contributed by atoms with Crippen molar-refractivity contribution in [2.24, 2.45) is 5.92 Å². The second kappa shape index (κ2) is 6.12. The van der Waals surface area contributed by atoms with E-state index in [1.807, 2.05) is 24.4 Å². The average molecular weight is 283 g/mol. The molecule has 2 atom stereocenters. The zero-order valence-corrected chi connectivity index (χ0v) is 12.6. The molecule has 0 spiro atoms. The number of aromatic nitrogens is 2. The number of ether oxygens (including phenoxy) is 1. The van der Waals surface area contributed by atoms with Crippen molar-refractivity contribution in [3.05, 3.63) is 48.4 Å². The molecule has 1 saturated heterocycles. The van der Waals surface area contributed by atoms with E-state index in [1.54, 1.807) is 13.4 Å². The number of hydrogen-bond donors (Lipinski definition) is 0. The van der Waals surface area contributed by atoms with Gasteiger partial charge < -0.3 is 9.64 Å². The largest absolute Gasteiger partial charge is 0.497 e. The lowest BCUT2D eigenvalue weighted by molar-refractivity contribution is 0.377. The first-order valence-corrected chi connectivity index (χ1v) is 7.43. The maximum atomic E-state index is 5.25. The summed E-state index contributed by atoms with van der Waals surface area (Å²) in [7, 11) is 1.70. The van der Waals surface area contributed by atoms with E-state index in [1.165, 1.54) is 12.0 Å². The van der Waals surface area contributed by atoms with E-state index in [-0.39, 0.29) is 0 Å². The van der Waals surface area contributed by atoms with Gasteiger partial charge in [-0.05, 0) is 36.1 Å². The molecular weight excluding hydrogens is 262 g/mol. The number of hydrogen-bond acceptors (Lipinski definition) is 4. The van der Waals surface area contributed by atoms with Crippen molar-refractivity contribution in [2.75, 3.05) is 25.1 Å². The van der Waals surface area contributed by atoms with Gasteiger partial charge >= 0.3 is 0 Å². The molecule has 0 radical (unpaired) electrons. The molecule has 3 rings (SSSR count). The van der Waals surface area contributed by atoms with Gasteiger partial charge in [0.05, 0.1) is 7.11 Å². The van der Waals surface area contributed by atoms with Crippen molar-refractivity contribution in [1.29, 1.82) is 0 Å². The number of rotatable bonds is 3. The highest BCUT2D eigenvalue weighted by Gasteiger charge is 2.28. The monoisotopic (exact) mass is 283 g/mol. The fourth-order valence-electron chi connectivity index (χ4n) is 3.03. The molecule has 0 saturated carbocycles. The molecule has 2 unspecified atom stereocenters. The van der Waals surface area contributed by atoms with Gasteiger partial charge in [0, 0.05) is 25.2 Å². The van der Waals surface area contributed by atoms with Crippen molar-refractivity contribution in [2.45, 2.75) is 19.3 Å². The van der Waals surface area contributed by atoms with Crippen LogP contribution in [0.25, 0.3) is 0 Å². The lowest BCUT2D eigenvalue weighted by Crippen LogP contribution is -2.38. The minimum absolute atomic E-state index is 0.527. The predicted octanol–water partition coefficient (Wildman–Crippen LogP) is 3.12. The van der Waals surface area contributed by atoms with E-state index < -0.39 is 0 Å². The van der Waals surface area contributed by atoms with E-state index in [9.17, 15) is 0 Å². The fourth-order valence-corrected chi connectivity index (χ4v) is 3.03. The van der Waals surface area contributed by atoms with Crippen molar-refractivity contribution in [3.8, 4) is 5.75 Å². The van der Waals surface area contributed by atoms with Crippen LogP contribution in [0, 0.1) is 5.92 Å². The van der Waals surface area contributed by atoms with Crippen molar-refractivity contribution < 1.29 is 4.74 Å². The minimum Gasteiger partial charge on any atom is -0.497 e. The maximum absolute atomic E-state index is 5.25. The van der Waals surface area contributed by atoms with Crippen LogP contribution < -0.4 is 9.64 Å². The molecule has 0 N–H and O–H groups in total. The molecule has 4 heteroatoms. The molecule has 0 bridgehead atoms. The third kappa shape index (κ3) is 2.99. The Morgan fingerprint density at radius 2 is 2.00 bits per heavy atom. The van der Waals surface area contributed by atoms with Crippen LogP contribution in [0.1, 0.15) is 24.8 Å². The third-order valence-corrected chi connectivity index (χ3v) is 4.39. The van der Waals surface area contributed by atoms with Crippen LogP contribution in [-0.4, -0.2) is 30.2 Å². The van der Waals surface area contributed by atoms with Crippen LogP contribution in [0.2, 0.25) is 0 Å². The van der Waals surface area contributed by atoms with Crippen LogP contribution in [0.3, 0.4) is 0 Å². The average Bonchev–Trinajstić information content (AvgIpc) is 2.56. The first kappa shape index (κ1) is 13.9. The van der Waals surface area contributed by atoms with Crippen LogP contribution >= 0.6 is 0 Å². The fraction of sp³-hybridized carbons (Fsp3) is 0.412. The molecular formula is C17H21N3O. The highest BCUT2D eigenvalue weighted by Crippen LogP contribution is 2.34. The van der Waals surface area contributed by atoms with E-state index >= 15 is 0 Å². The highest BCUT2D eigenvalue weighted by molar-refractivity contribution is 5.39. The normalized spacial score (nSPS) is 22.1. The van der Waals surface area contributed by atoms with Gasteiger partial charge in [0.25, 0.3) is 0 Å². The van der Waals surface area contributed by atoms with Gasteiger partial charge in [-0.1, -0.05) is 19.1 Å². The van der Waals surface area contributed by atoms with Crippen LogP contribution in [0.4, 0.5) is 5.82 Å². The SMILES string of the molecule is COc1ccc(C2CN(c3ccncn3)CCC2C)cc1. The molecule has 2 aromatic rings. The summed E-state index contributed by atoms with van der Waals surface area (Å²) >= 11 is 0. The zero-order chi connectivity index (χ0) is 14.7. The van der Waals surface area contributed by atoms with Crippen LogP contribution in [0.15, 0.2) is 42.9 Å². The standard InChI is InChI=1S/C17H21N3O/c1-13-8-10-20(17-7-9-18-12-19-17)11-16(13)14-3-5-15(21-2)6-4-14/h3-7,9,12-13,16H,8,10-11H2,1-2H3. The third-order valence-electron chi connectivity index (χ3n) is 4.39. The smallest absolute Gasteiger partial charge is 0.131 e. The molecule has 1 aliphatic heterocycles. The molecule has 1 aromatic carbocycles. The molecule has 21 heavy (non-hydrogen) atoms. The predicted molar refractivity (Wildman–Crippen MR) is 83.8 cm³/mol. The highest BCUT2D eigenvalue weighted by atomic mass is 16.5. The summed E-state index contributed by atoms with van der Waals surface area (Å²) in [4.78, 5) is 10.7. The molecule has 110 valence electrons. The topological polar surface area (TPSA) is 38.2 Å². The lowest BCUT2D eigenvalue weighted by Gasteiger charge is -2.38. The van der Waals surface area contributed by atoms with E-state index in [0.717, 1.165) is 24.7 Å². The molecule has 2 heterocycles. The molecule has 1 aliphatic rings. The summed E-state index contributed by atoms with van der Waals surface area (Å²) < 4.78 is 5.25. The van der Waals surface area contributed by atoms with Gasteiger partial charge in [-0.15, -0.1) is 0 Å². The van der Waals surface area contributed by atoms with Gasteiger partial charge in [-0.25, -0.2) is 9.97 Å². The van der Waals surface area contributed by atoms with Gasteiger partial charge in [-0.2, -0.15) is 0 Å². The number of piperidine rings is 1. The molecule has 1 fully saturated rings. The summed E-state index contributed by atoms with van der Waals surface area (Å²) in [6.07, 6.45) is 4.61. The first-order valence-electron chi connectivity index (χ1n) is 7.43. The number of benzene rings is 1. The second-order valence-corrected chi connectivity index (χ2v) is 5.66. The van der Waals surface area contributed by atoms with E-state index in [4.69, 9.17) is 4.74 Å². The Labute approximate surface area is 125 Å². The molecule has 1 aromatic heterocycles. The Morgan fingerprint density at radius 3 is 2.67 bits per heavy atom. The Hall–Kier alpha value is -2.10. The van der Waals surface area contributed by atoms with Crippen molar-refractivity contribution >= 4 is 5.82 Å². The second-order valence-electron chi connectivity index (χ2n) is 5.66. The van der Waals surface area contributed by atoms with Crippen molar-refractivity contribution in [1.82, 2.24) is 9.97 Å². The Morgan fingerprint density at radius 1 is 1.19 bits per heavy atom. The quantitative estimate of drug-likeness (QED) is 0.867. The Balaban J connectivity index is 1.80. The Bertz CT molecular complexity index is 570. The van der Waals surface area contributed by atoms with Crippen LogP contribution in [-0.2, 0) is 0 Å². The summed E-state index contributed by atoms with van der Waals surface area (Å²) in [5, 5.41) is 0. The summed E-state index contributed by atoms with van der Waals surface area (Å²) in [6.45, 7) is 4.40. The van der Waals surface area contributed by atoms with Gasteiger partial charge in [-0.3, -0.25) is 0 Å². The summed E-state index contributed by atoms with van der Waals surface area (Å²) in [6, 6.07) is 10.4. The number of nitrogens with zero attached hydrogens (tertiary/aromatic N) is 3. The Kier molecular flexibility index (Phi) is 4.04. The number of methoxy groups -OCH3 is 1. The molecule has 0 amide bonds. The summed E-state index contributed by atoms with van der Waals surface area (Å²) in [5.74, 6) is 3.14. The summed E-state index contributed by atoms with van der Waals surface area (Å²) in [5.41, 5.74) is 1.38. The van der Waals surface area contributed by atoms with Gasteiger partial charge in [0.1, 0.15) is 17.9 Å². The molecule has 0 aliphatic carbocycles. The molecule has 4 nitrogen and oxygen atoms in total. The minimum atomic E-state index is 0.527. The van der Waals surface area contributed by atoms with E-state index in [0.29, 0.717) is 11.8 Å². The lowest BCUT2D eigenvalue weighted by atomic mass is 9.82. The first-order chi connectivity index (χ1) is 10.3. The maximum Gasteiger partial charge on any atom is 0.131 e. The number of anilines is 1.